The van der Waals surface area contributed by atoms with Crippen molar-refractivity contribution in [1.29, 1.82) is 0 Å². The number of hydrogen-bond acceptors (Lipinski definition) is 4. The van der Waals surface area contributed by atoms with Gasteiger partial charge in [-0.05, 0) is 36.5 Å². The maximum atomic E-state index is 12.9. The van der Waals surface area contributed by atoms with Crippen LogP contribution in [0.3, 0.4) is 0 Å². The fourth-order valence-corrected chi connectivity index (χ4v) is 5.11. The molecule has 0 saturated heterocycles. The first-order valence-corrected chi connectivity index (χ1v) is 13.5. The number of aryl methyl sites for hydroxylation is 1. The first-order valence-electron chi connectivity index (χ1n) is 12.1. The standard InChI is InChI=1S/C29H31N3O3S/c33-28(21-30-36(35)22-24-11-5-2-6-12-24)31-26(16-15-23-9-3-1-4-10-23)17-18-29(34)32-20-19-25-13-7-8-14-27(25)32/h1-14,17-18,26,30H,15-16,19-22H2,(H,31,33)/b18-17+/t26-,36?/m0/s1. The van der Waals surface area contributed by atoms with Crippen LogP contribution in [-0.2, 0) is 39.5 Å². The first-order chi connectivity index (χ1) is 17.6. The molecular weight excluding hydrogens is 470 g/mol. The van der Waals surface area contributed by atoms with Crippen LogP contribution >= 0.6 is 0 Å². The van der Waals surface area contributed by atoms with Gasteiger partial charge in [0.25, 0.3) is 5.91 Å². The summed E-state index contributed by atoms with van der Waals surface area (Å²) in [5, 5.41) is 2.98. The number of para-hydroxylation sites is 1. The molecule has 0 fully saturated rings. The summed E-state index contributed by atoms with van der Waals surface area (Å²) in [6, 6.07) is 27.1. The second-order valence-electron chi connectivity index (χ2n) is 8.72. The number of carbonyl (C=O) groups excluding carboxylic acids is 2. The summed E-state index contributed by atoms with van der Waals surface area (Å²) in [7, 11) is 0. The van der Waals surface area contributed by atoms with E-state index in [0.717, 1.165) is 29.7 Å². The highest BCUT2D eigenvalue weighted by Crippen LogP contribution is 2.27. The fourth-order valence-electron chi connectivity index (χ4n) is 4.22. The SMILES string of the molecule is O=C(CN[S+]([O-])Cc1ccccc1)N[C@H](/C=C/C(=O)N1CCc2ccccc21)CCc1ccccc1. The molecule has 2 atom stereocenters. The quantitative estimate of drug-likeness (QED) is 0.310. The van der Waals surface area contributed by atoms with E-state index < -0.39 is 11.4 Å². The monoisotopic (exact) mass is 501 g/mol. The highest BCUT2D eigenvalue weighted by molar-refractivity contribution is 7.88. The lowest BCUT2D eigenvalue weighted by atomic mass is 10.0. The maximum Gasteiger partial charge on any atom is 0.250 e. The molecule has 1 aliphatic heterocycles. The summed E-state index contributed by atoms with van der Waals surface area (Å²) in [5.74, 6) is -0.0313. The molecule has 1 heterocycles. The van der Waals surface area contributed by atoms with Crippen molar-refractivity contribution in [3.05, 3.63) is 114 Å². The molecule has 36 heavy (non-hydrogen) atoms. The van der Waals surface area contributed by atoms with Gasteiger partial charge < -0.3 is 14.8 Å². The van der Waals surface area contributed by atoms with Crippen molar-refractivity contribution in [2.45, 2.75) is 31.1 Å². The zero-order valence-electron chi connectivity index (χ0n) is 20.1. The Morgan fingerprint density at radius 2 is 1.61 bits per heavy atom. The zero-order chi connectivity index (χ0) is 25.2. The van der Waals surface area contributed by atoms with Crippen molar-refractivity contribution in [3.8, 4) is 0 Å². The van der Waals surface area contributed by atoms with E-state index in [1.807, 2.05) is 84.9 Å². The number of rotatable bonds is 11. The number of amides is 2. The van der Waals surface area contributed by atoms with Gasteiger partial charge in [0.2, 0.25) is 5.91 Å². The minimum atomic E-state index is -1.36. The summed E-state index contributed by atoms with van der Waals surface area (Å²) in [4.78, 5) is 27.4. The lowest BCUT2D eigenvalue weighted by Gasteiger charge is -2.18. The number of hydrogen-bond donors (Lipinski definition) is 2. The van der Waals surface area contributed by atoms with Gasteiger partial charge in [0, 0.05) is 41.3 Å². The van der Waals surface area contributed by atoms with Gasteiger partial charge in [-0.25, -0.2) is 0 Å². The third kappa shape index (κ3) is 7.55. The molecule has 4 rings (SSSR count). The number of carbonyl (C=O) groups is 2. The van der Waals surface area contributed by atoms with Crippen LogP contribution in [0.2, 0.25) is 0 Å². The van der Waals surface area contributed by atoms with Crippen molar-refractivity contribution >= 4 is 28.9 Å². The van der Waals surface area contributed by atoms with Gasteiger partial charge in [0.05, 0.1) is 0 Å². The van der Waals surface area contributed by atoms with E-state index >= 15 is 0 Å². The van der Waals surface area contributed by atoms with Gasteiger partial charge in [-0.15, -0.1) is 4.72 Å². The highest BCUT2D eigenvalue weighted by Gasteiger charge is 2.23. The first kappa shape index (κ1) is 25.7. The minimum Gasteiger partial charge on any atom is -0.598 e. The predicted octanol–water partition coefficient (Wildman–Crippen LogP) is 3.70. The van der Waals surface area contributed by atoms with E-state index in [0.29, 0.717) is 18.7 Å². The molecule has 0 radical (unpaired) electrons. The number of fused-ring (bicyclic) bond motifs is 1. The molecule has 7 heteroatoms. The Kier molecular flexibility index (Phi) is 9.33. The van der Waals surface area contributed by atoms with Crippen LogP contribution < -0.4 is 14.9 Å². The Bertz CT molecular complexity index is 1170. The Morgan fingerprint density at radius 3 is 2.36 bits per heavy atom. The number of nitrogens with one attached hydrogen (secondary N) is 2. The zero-order valence-corrected chi connectivity index (χ0v) is 21.0. The van der Waals surface area contributed by atoms with Crippen molar-refractivity contribution < 1.29 is 14.1 Å². The van der Waals surface area contributed by atoms with Crippen molar-refractivity contribution in [2.24, 2.45) is 0 Å². The van der Waals surface area contributed by atoms with E-state index in [2.05, 4.69) is 10.0 Å². The molecule has 3 aromatic rings. The largest absolute Gasteiger partial charge is 0.598 e. The second-order valence-corrected chi connectivity index (χ2v) is 9.99. The second kappa shape index (κ2) is 13.1. The summed E-state index contributed by atoms with van der Waals surface area (Å²) >= 11 is -1.36. The average Bonchev–Trinajstić information content (AvgIpc) is 3.34. The Labute approximate surface area is 215 Å². The van der Waals surface area contributed by atoms with E-state index in [1.165, 1.54) is 5.56 Å². The normalized spacial score (nSPS) is 14.4. The lowest BCUT2D eigenvalue weighted by molar-refractivity contribution is -0.120. The molecule has 1 aliphatic rings. The molecule has 0 saturated carbocycles. The van der Waals surface area contributed by atoms with Crippen LogP contribution in [0.1, 0.15) is 23.1 Å². The van der Waals surface area contributed by atoms with Crippen molar-refractivity contribution in [3.63, 3.8) is 0 Å². The number of anilines is 1. The molecule has 0 aromatic heterocycles. The molecule has 0 bridgehead atoms. The summed E-state index contributed by atoms with van der Waals surface area (Å²) in [5.41, 5.74) is 4.21. The molecule has 2 amide bonds. The van der Waals surface area contributed by atoms with E-state index in [1.54, 1.807) is 17.1 Å². The van der Waals surface area contributed by atoms with Gasteiger partial charge in [0.1, 0.15) is 6.54 Å². The molecule has 0 aliphatic carbocycles. The Hall–Kier alpha value is -3.39. The molecule has 1 unspecified atom stereocenters. The molecular formula is C29H31N3O3S. The molecule has 3 aromatic carbocycles. The van der Waals surface area contributed by atoms with Crippen LogP contribution in [0.15, 0.2) is 97.1 Å². The van der Waals surface area contributed by atoms with E-state index in [9.17, 15) is 14.1 Å². The van der Waals surface area contributed by atoms with Crippen LogP contribution in [0.25, 0.3) is 0 Å². The van der Waals surface area contributed by atoms with Crippen molar-refractivity contribution in [1.82, 2.24) is 10.0 Å². The maximum absolute atomic E-state index is 12.9. The van der Waals surface area contributed by atoms with E-state index in [-0.39, 0.29) is 24.4 Å². The van der Waals surface area contributed by atoms with Crippen LogP contribution in [0, 0.1) is 0 Å². The lowest BCUT2D eigenvalue weighted by Crippen LogP contribution is -2.42. The summed E-state index contributed by atoms with van der Waals surface area (Å²) in [6.45, 7) is 0.587. The Balaban J connectivity index is 1.34. The van der Waals surface area contributed by atoms with Crippen LogP contribution in [0.5, 0.6) is 0 Å². The van der Waals surface area contributed by atoms with Crippen LogP contribution in [-0.4, -0.2) is 35.5 Å². The number of nitrogens with zero attached hydrogens (tertiary/aromatic N) is 1. The summed E-state index contributed by atoms with van der Waals surface area (Å²) in [6.07, 6.45) is 5.56. The fraction of sp³-hybridized carbons (Fsp3) is 0.241. The third-order valence-corrected chi connectivity index (χ3v) is 7.15. The summed E-state index contributed by atoms with van der Waals surface area (Å²) < 4.78 is 15.1. The predicted molar refractivity (Wildman–Crippen MR) is 145 cm³/mol. The van der Waals surface area contributed by atoms with Gasteiger partial charge in [-0.3, -0.25) is 9.59 Å². The van der Waals surface area contributed by atoms with Gasteiger partial charge >= 0.3 is 0 Å². The Morgan fingerprint density at radius 1 is 0.944 bits per heavy atom. The molecule has 6 nitrogen and oxygen atoms in total. The van der Waals surface area contributed by atoms with Crippen LogP contribution in [0.4, 0.5) is 5.69 Å². The number of benzene rings is 3. The molecule has 186 valence electrons. The molecule has 2 N–H and O–H groups in total. The topological polar surface area (TPSA) is 84.5 Å². The third-order valence-electron chi connectivity index (χ3n) is 6.09. The van der Waals surface area contributed by atoms with Crippen molar-refractivity contribution in [2.75, 3.05) is 18.0 Å². The minimum absolute atomic E-state index is 0.0669. The van der Waals surface area contributed by atoms with Gasteiger partial charge in [0.15, 0.2) is 5.75 Å². The highest BCUT2D eigenvalue weighted by atomic mass is 32.2. The van der Waals surface area contributed by atoms with Gasteiger partial charge in [-0.1, -0.05) is 84.9 Å². The van der Waals surface area contributed by atoms with Gasteiger partial charge in [-0.2, -0.15) is 0 Å². The molecule has 0 spiro atoms. The van der Waals surface area contributed by atoms with E-state index in [4.69, 9.17) is 0 Å². The smallest absolute Gasteiger partial charge is 0.250 e. The average molecular weight is 502 g/mol.